The molecule has 0 unspecified atom stereocenters. The molecule has 0 saturated heterocycles. The summed E-state index contributed by atoms with van der Waals surface area (Å²) >= 11 is 0. The van der Waals surface area contributed by atoms with E-state index in [0.717, 1.165) is 32.1 Å². The van der Waals surface area contributed by atoms with Crippen LogP contribution in [0.4, 0.5) is 0 Å². The van der Waals surface area contributed by atoms with Gasteiger partial charge in [0.15, 0.2) is 0 Å². The Morgan fingerprint density at radius 1 is 1.24 bits per heavy atom. The predicted molar refractivity (Wildman–Crippen MR) is 73.2 cm³/mol. The van der Waals surface area contributed by atoms with E-state index in [-0.39, 0.29) is 0 Å². The van der Waals surface area contributed by atoms with Gasteiger partial charge in [-0.15, -0.1) is 0 Å². The molecule has 1 N–H and O–H groups in total. The molecule has 2 nitrogen and oxygen atoms in total. The van der Waals surface area contributed by atoms with Crippen LogP contribution >= 0.6 is 0 Å². The number of nitrogens with zero attached hydrogens (tertiary/aromatic N) is 1. The first-order valence-electron chi connectivity index (χ1n) is 6.79. The summed E-state index contributed by atoms with van der Waals surface area (Å²) in [5, 5.41) is 3.40. The normalized spacial score (nSPS) is 15.5. The van der Waals surface area contributed by atoms with E-state index in [1.165, 1.54) is 24.0 Å². The van der Waals surface area contributed by atoms with Crippen LogP contribution in [-0.4, -0.2) is 31.1 Å². The molecule has 0 bridgehead atoms. The minimum Gasteiger partial charge on any atom is -0.317 e. The minimum absolute atomic E-state index is 0.844. The zero-order chi connectivity index (χ0) is 12.1. The van der Waals surface area contributed by atoms with Gasteiger partial charge in [-0.3, -0.25) is 4.90 Å². The van der Waals surface area contributed by atoms with Gasteiger partial charge >= 0.3 is 0 Å². The molecule has 1 fully saturated rings. The van der Waals surface area contributed by atoms with E-state index in [9.17, 15) is 0 Å². The smallest absolute Gasteiger partial charge is 0.0236 e. The number of nitrogens with one attached hydrogen (secondary N) is 1. The van der Waals surface area contributed by atoms with Gasteiger partial charge in [-0.2, -0.15) is 0 Å². The highest BCUT2D eigenvalue weighted by molar-refractivity contribution is 5.27. The largest absolute Gasteiger partial charge is 0.317 e. The fraction of sp³-hybridized carbons (Fsp3) is 0.600. The van der Waals surface area contributed by atoms with E-state index in [4.69, 9.17) is 0 Å². The van der Waals surface area contributed by atoms with E-state index in [2.05, 4.69) is 48.5 Å². The molecule has 0 aromatic heterocycles. The molecule has 17 heavy (non-hydrogen) atoms. The summed E-state index contributed by atoms with van der Waals surface area (Å²) in [6.07, 6.45) is 3.91. The van der Waals surface area contributed by atoms with Crippen molar-refractivity contribution in [2.24, 2.45) is 0 Å². The maximum Gasteiger partial charge on any atom is 0.0236 e. The first-order chi connectivity index (χ1) is 8.31. The third-order valence-corrected chi connectivity index (χ3v) is 3.53. The minimum atomic E-state index is 0.844. The van der Waals surface area contributed by atoms with Gasteiger partial charge in [0.1, 0.15) is 0 Å². The molecule has 1 aromatic rings. The average Bonchev–Trinajstić information content (AvgIpc) is 3.15. The molecule has 0 spiro atoms. The van der Waals surface area contributed by atoms with Gasteiger partial charge in [0.05, 0.1) is 0 Å². The van der Waals surface area contributed by atoms with Crippen molar-refractivity contribution < 1.29 is 0 Å². The van der Waals surface area contributed by atoms with E-state index in [1.807, 2.05) is 0 Å². The fourth-order valence-corrected chi connectivity index (χ4v) is 2.27. The Labute approximate surface area is 105 Å². The van der Waals surface area contributed by atoms with Crippen molar-refractivity contribution in [1.29, 1.82) is 0 Å². The Morgan fingerprint density at radius 3 is 2.59 bits per heavy atom. The monoisotopic (exact) mass is 232 g/mol. The fourth-order valence-electron chi connectivity index (χ4n) is 2.27. The summed E-state index contributed by atoms with van der Waals surface area (Å²) in [4.78, 5) is 2.49. The molecular formula is C15H24N2. The van der Waals surface area contributed by atoms with Gasteiger partial charge in [-0.1, -0.05) is 31.2 Å². The summed E-state index contributed by atoms with van der Waals surface area (Å²) in [6.45, 7) is 5.41. The molecule has 1 aliphatic carbocycles. The molecule has 0 amide bonds. The zero-order valence-corrected chi connectivity index (χ0v) is 11.1. The van der Waals surface area contributed by atoms with Crippen molar-refractivity contribution in [3.05, 3.63) is 35.4 Å². The second-order valence-electron chi connectivity index (χ2n) is 5.02. The number of hydrogen-bond donors (Lipinski definition) is 1. The third kappa shape index (κ3) is 3.83. The molecule has 0 heterocycles. The first-order valence-corrected chi connectivity index (χ1v) is 6.79. The second kappa shape index (κ2) is 6.18. The molecule has 1 aromatic carbocycles. The summed E-state index contributed by atoms with van der Waals surface area (Å²) in [7, 11) is 2.25. The summed E-state index contributed by atoms with van der Waals surface area (Å²) in [6, 6.07) is 9.71. The summed E-state index contributed by atoms with van der Waals surface area (Å²) in [5.41, 5.74) is 3.00. The SMILES string of the molecule is CCNCCc1ccccc1CN(C)C1CC1. The Hall–Kier alpha value is -0.860. The number of benzene rings is 1. The molecule has 2 rings (SSSR count). The topological polar surface area (TPSA) is 15.3 Å². The molecule has 0 aliphatic heterocycles. The lowest BCUT2D eigenvalue weighted by molar-refractivity contribution is 0.315. The highest BCUT2D eigenvalue weighted by Crippen LogP contribution is 2.27. The lowest BCUT2D eigenvalue weighted by Gasteiger charge is -2.18. The van der Waals surface area contributed by atoms with Crippen molar-refractivity contribution in [3.8, 4) is 0 Å². The second-order valence-corrected chi connectivity index (χ2v) is 5.02. The molecule has 1 saturated carbocycles. The predicted octanol–water partition coefficient (Wildman–Crippen LogP) is 2.43. The van der Waals surface area contributed by atoms with E-state index < -0.39 is 0 Å². The van der Waals surface area contributed by atoms with Crippen LogP contribution in [0.5, 0.6) is 0 Å². The van der Waals surface area contributed by atoms with Crippen LogP contribution in [0.25, 0.3) is 0 Å². The van der Waals surface area contributed by atoms with Crippen molar-refractivity contribution in [2.45, 2.75) is 38.8 Å². The zero-order valence-electron chi connectivity index (χ0n) is 11.1. The van der Waals surface area contributed by atoms with Crippen molar-refractivity contribution in [3.63, 3.8) is 0 Å². The van der Waals surface area contributed by atoms with E-state index in [0.29, 0.717) is 0 Å². The maximum absolute atomic E-state index is 3.40. The molecule has 0 atom stereocenters. The average molecular weight is 232 g/mol. The molecule has 0 radical (unpaired) electrons. The van der Waals surface area contributed by atoms with Crippen molar-refractivity contribution in [1.82, 2.24) is 10.2 Å². The van der Waals surface area contributed by atoms with Gasteiger partial charge in [0.25, 0.3) is 0 Å². The van der Waals surface area contributed by atoms with Crippen LogP contribution in [0.3, 0.4) is 0 Å². The molecule has 94 valence electrons. The first kappa shape index (κ1) is 12.6. The highest BCUT2D eigenvalue weighted by Gasteiger charge is 2.26. The number of likely N-dealkylation sites (N-methyl/N-ethyl adjacent to an activating group) is 1. The van der Waals surface area contributed by atoms with Gasteiger partial charge in [0.2, 0.25) is 0 Å². The van der Waals surface area contributed by atoms with Gasteiger partial charge in [0, 0.05) is 12.6 Å². The van der Waals surface area contributed by atoms with Crippen molar-refractivity contribution in [2.75, 3.05) is 20.1 Å². The third-order valence-electron chi connectivity index (χ3n) is 3.53. The van der Waals surface area contributed by atoms with Crippen LogP contribution < -0.4 is 5.32 Å². The summed E-state index contributed by atoms with van der Waals surface area (Å²) in [5.74, 6) is 0. The molecular weight excluding hydrogens is 208 g/mol. The maximum atomic E-state index is 3.40. The molecule has 1 aliphatic rings. The van der Waals surface area contributed by atoms with Crippen LogP contribution in [0.15, 0.2) is 24.3 Å². The van der Waals surface area contributed by atoms with Crippen LogP contribution in [0.2, 0.25) is 0 Å². The number of rotatable bonds is 7. The van der Waals surface area contributed by atoms with Crippen LogP contribution in [-0.2, 0) is 13.0 Å². The lowest BCUT2D eigenvalue weighted by Crippen LogP contribution is -2.22. The van der Waals surface area contributed by atoms with E-state index in [1.54, 1.807) is 0 Å². The molecule has 2 heteroatoms. The Bertz CT molecular complexity index is 345. The Kier molecular flexibility index (Phi) is 4.57. The Morgan fingerprint density at radius 2 is 1.94 bits per heavy atom. The van der Waals surface area contributed by atoms with Gasteiger partial charge < -0.3 is 5.32 Å². The highest BCUT2D eigenvalue weighted by atomic mass is 15.1. The summed E-state index contributed by atoms with van der Waals surface area (Å²) < 4.78 is 0. The van der Waals surface area contributed by atoms with Crippen LogP contribution in [0.1, 0.15) is 30.9 Å². The standard InChI is InChI=1S/C15H24N2/c1-3-16-11-10-13-6-4-5-7-14(13)12-17(2)15-8-9-15/h4-7,15-16H,3,8-12H2,1-2H3. The number of hydrogen-bond acceptors (Lipinski definition) is 2. The van der Waals surface area contributed by atoms with E-state index >= 15 is 0 Å². The van der Waals surface area contributed by atoms with Gasteiger partial charge in [-0.25, -0.2) is 0 Å². The quantitative estimate of drug-likeness (QED) is 0.726. The van der Waals surface area contributed by atoms with Gasteiger partial charge in [-0.05, 0) is 50.5 Å². The van der Waals surface area contributed by atoms with Crippen LogP contribution in [0, 0.1) is 0 Å². The lowest BCUT2D eigenvalue weighted by atomic mass is 10.0. The Balaban J connectivity index is 1.94. The van der Waals surface area contributed by atoms with Crippen molar-refractivity contribution >= 4 is 0 Å².